The smallest absolute Gasteiger partial charge is 0.305 e. The Morgan fingerprint density at radius 3 is 1.99 bits per heavy atom. The number of rotatable bonds is 24. The zero-order valence-electron chi connectivity index (χ0n) is 36.1. The third-order valence-corrected chi connectivity index (χ3v) is 11.6. The van der Waals surface area contributed by atoms with Gasteiger partial charge < -0.3 is 49.7 Å². The number of benzene rings is 3. The highest BCUT2D eigenvalue weighted by molar-refractivity contribution is 7.86. The second-order valence-corrected chi connectivity index (χ2v) is 17.2. The maximum Gasteiger partial charge on any atom is 0.305 e. The zero-order chi connectivity index (χ0) is 48.7. The number of anilines is 1. The first-order valence-electron chi connectivity index (χ1n) is 20.5. The van der Waals surface area contributed by atoms with Crippen LogP contribution in [0.4, 0.5) is 5.69 Å². The molecule has 21 nitrogen and oxygen atoms in total. The molecule has 0 bridgehead atoms. The highest BCUT2D eigenvalue weighted by Crippen LogP contribution is 2.45. The molecular weight excluding hydrogens is 919 g/mol. The number of carbonyl (C=O) groups excluding carboxylic acids is 3. The first kappa shape index (κ1) is 51.4. The summed E-state index contributed by atoms with van der Waals surface area (Å²) < 4.78 is 99.3. The van der Waals surface area contributed by atoms with Gasteiger partial charge in [-0.15, -0.1) is 0 Å². The van der Waals surface area contributed by atoms with E-state index in [1.165, 1.54) is 42.3 Å². The average molecular weight is 969 g/mol. The number of likely N-dealkylation sites (N-methyl/N-ethyl adjacent to an activating group) is 1. The van der Waals surface area contributed by atoms with Crippen LogP contribution in [0.15, 0.2) is 105 Å². The molecule has 67 heavy (non-hydrogen) atoms. The Morgan fingerprint density at radius 1 is 0.731 bits per heavy atom. The Kier molecular flexibility index (Phi) is 18.2. The van der Waals surface area contributed by atoms with Gasteiger partial charge in [0.1, 0.15) is 0 Å². The summed E-state index contributed by atoms with van der Waals surface area (Å²) in [5.74, 6) is -3.21. The van der Waals surface area contributed by atoms with Gasteiger partial charge in [0.05, 0.1) is 65.0 Å². The second-order valence-electron chi connectivity index (χ2n) is 14.5. The van der Waals surface area contributed by atoms with Crippen LogP contribution in [0.5, 0.6) is 0 Å². The lowest BCUT2D eigenvalue weighted by atomic mass is 9.89. The minimum Gasteiger partial charge on any atom is -0.481 e. The summed E-state index contributed by atoms with van der Waals surface area (Å²) in [4.78, 5) is 50.5. The molecule has 3 amide bonds. The predicted octanol–water partition coefficient (Wildman–Crippen LogP) is 1.01. The monoisotopic (exact) mass is 968 g/mol. The number of carboxylic acid groups (broad SMARTS) is 1. The Bertz CT molecular complexity index is 2870. The highest BCUT2D eigenvalue weighted by atomic mass is 32.2. The summed E-state index contributed by atoms with van der Waals surface area (Å²) in [5.41, 5.74) is 5.13. The highest BCUT2D eigenvalue weighted by Gasteiger charge is 2.33. The Balaban J connectivity index is 1.39. The quantitative estimate of drug-likeness (QED) is 0.0223. The molecule has 1 aliphatic heterocycles. The van der Waals surface area contributed by atoms with Crippen LogP contribution in [0.2, 0.25) is 0 Å². The van der Waals surface area contributed by atoms with E-state index in [4.69, 9.17) is 39.6 Å². The van der Waals surface area contributed by atoms with E-state index in [-0.39, 0.29) is 118 Å². The lowest BCUT2D eigenvalue weighted by Gasteiger charge is -2.23. The van der Waals surface area contributed by atoms with Gasteiger partial charge in [-0.3, -0.25) is 33.7 Å². The van der Waals surface area contributed by atoms with Crippen LogP contribution >= 0.6 is 0 Å². The number of allylic oxidation sites excluding steroid dienone is 6. The van der Waals surface area contributed by atoms with Crippen molar-refractivity contribution in [2.24, 2.45) is 0 Å². The van der Waals surface area contributed by atoms with Crippen LogP contribution in [-0.4, -0.2) is 139 Å². The van der Waals surface area contributed by atoms with E-state index in [2.05, 4.69) is 10.6 Å². The van der Waals surface area contributed by atoms with Crippen molar-refractivity contribution in [1.82, 2.24) is 15.5 Å². The van der Waals surface area contributed by atoms with Gasteiger partial charge in [0, 0.05) is 66.0 Å². The van der Waals surface area contributed by atoms with Gasteiger partial charge in [0.25, 0.3) is 27.8 Å². The Morgan fingerprint density at radius 2 is 1.33 bits per heavy atom. The maximum atomic E-state index is 14.5. The predicted molar refractivity (Wildman–Crippen MR) is 241 cm³/mol. The van der Waals surface area contributed by atoms with Crippen molar-refractivity contribution in [3.8, 4) is 22.5 Å². The molecule has 0 atom stereocenters. The van der Waals surface area contributed by atoms with Gasteiger partial charge in [-0.25, -0.2) is 0 Å². The molecule has 0 fully saturated rings. The first-order valence-corrected chi connectivity index (χ1v) is 23.3. The zero-order valence-corrected chi connectivity index (χ0v) is 37.8. The standard InChI is InChI=1S/C44H49N5O16S2/c1-49(18-22-64-26-25-63-20-16-47-42(52)28-7-5-3-2-4-6-8-28)44(54)33-27-29(43(53)48-17-21-62-24-23-61-19-15-36(50)51)9-10-30(33)37-31-11-13-34(45)40(66(55,56)57)38(31)65-39-32(37)12-14-35(46)41(39)67(58,59)60/h2-14,27,45H,15-26,46H2,1H3,(H,47,52)(H,48,53)(H,50,51)(H,55,56,57)(H,58,59,60)/p+1/b3-2-,4-2?,5-3?,6-4-,7-5-,8-6?,28-7?,28-8+,45-34?. The lowest BCUT2D eigenvalue weighted by Crippen LogP contribution is -2.47. The summed E-state index contributed by atoms with van der Waals surface area (Å²) in [6, 6.07) is 8.96. The molecule has 1 heterocycles. The topological polar surface area (TPSA) is 326 Å². The molecule has 0 aromatic heterocycles. The molecule has 358 valence electrons. The van der Waals surface area contributed by atoms with Crippen LogP contribution in [0.25, 0.3) is 33.4 Å². The van der Waals surface area contributed by atoms with Crippen molar-refractivity contribution in [2.45, 2.75) is 16.2 Å². The number of aliphatic carboxylic acids is 1. The van der Waals surface area contributed by atoms with E-state index >= 15 is 0 Å². The van der Waals surface area contributed by atoms with E-state index in [0.29, 0.717) is 5.57 Å². The average Bonchev–Trinajstić information content (AvgIpc) is 3.25. The number of hydrogen-bond acceptors (Lipinski definition) is 14. The normalized spacial score (nSPS) is 14.9. The number of carbonyl (C=O) groups is 4. The number of nitrogens with one attached hydrogen (secondary N) is 2. The molecular formula is C44H50N5O16S2+. The first-order chi connectivity index (χ1) is 31.9. The molecule has 3 aliphatic rings. The fraction of sp³-hybridized carbons (Fsp3) is 0.295. The molecule has 0 spiro atoms. The summed E-state index contributed by atoms with van der Waals surface area (Å²) in [6.07, 6.45) is 12.2. The van der Waals surface area contributed by atoms with E-state index < -0.39 is 70.2 Å². The minimum atomic E-state index is -5.17. The maximum absolute atomic E-state index is 14.5. The molecule has 0 saturated carbocycles. The minimum absolute atomic E-state index is 0.00562. The molecule has 2 aromatic rings. The van der Waals surface area contributed by atoms with Crippen molar-refractivity contribution in [1.29, 1.82) is 0 Å². The third kappa shape index (κ3) is 14.0. The summed E-state index contributed by atoms with van der Waals surface area (Å²) in [5, 5.41) is 19.6. The van der Waals surface area contributed by atoms with Crippen molar-refractivity contribution in [3.63, 3.8) is 0 Å². The molecule has 23 heteroatoms. The fourth-order valence-corrected chi connectivity index (χ4v) is 8.11. The largest absolute Gasteiger partial charge is 0.481 e. The van der Waals surface area contributed by atoms with E-state index in [1.807, 2.05) is 6.08 Å². The van der Waals surface area contributed by atoms with Crippen molar-refractivity contribution in [3.05, 3.63) is 107 Å². The van der Waals surface area contributed by atoms with Crippen LogP contribution in [0.1, 0.15) is 27.1 Å². The number of carboxylic acids is 1. The Labute approximate surface area is 384 Å². The van der Waals surface area contributed by atoms with Gasteiger partial charge in [0.2, 0.25) is 10.3 Å². The summed E-state index contributed by atoms with van der Waals surface area (Å²) >= 11 is 0. The SMILES string of the molecule is CN(CCOCCOCCNC(=O)C1=C/C=C\C=C/C=C\1)C(=O)c1cc(C(=O)NCCOCCOCCC(=O)O)ccc1-c1c2ccc(=[NH2+])c(S(=O)(=O)O)c-2oc2c(S(=O)(=O)O)c(N)ccc12. The van der Waals surface area contributed by atoms with Crippen molar-refractivity contribution >= 4 is 60.6 Å². The molecule has 0 unspecified atom stereocenters. The number of nitrogen functional groups attached to an aromatic ring is 1. The van der Waals surface area contributed by atoms with Gasteiger partial charge in [-0.05, 0) is 48.0 Å². The molecule has 0 saturated heterocycles. The van der Waals surface area contributed by atoms with Crippen molar-refractivity contribution < 1.29 is 79.0 Å². The summed E-state index contributed by atoms with van der Waals surface area (Å²) in [7, 11) is -8.89. The number of nitrogens with zero attached hydrogens (tertiary/aromatic N) is 1. The lowest BCUT2D eigenvalue weighted by molar-refractivity contribution is -0.176. The fourth-order valence-electron chi connectivity index (χ4n) is 6.61. The number of nitrogens with two attached hydrogens (primary N) is 2. The molecule has 2 aromatic carbocycles. The van der Waals surface area contributed by atoms with Crippen LogP contribution in [-0.2, 0) is 48.8 Å². The van der Waals surface area contributed by atoms with Crippen LogP contribution < -0.4 is 27.1 Å². The van der Waals surface area contributed by atoms with Gasteiger partial charge >= 0.3 is 16.1 Å². The van der Waals surface area contributed by atoms with Crippen LogP contribution in [0, 0.1) is 0 Å². The van der Waals surface area contributed by atoms with Crippen molar-refractivity contribution in [2.75, 3.05) is 85.3 Å². The number of ether oxygens (including phenoxy) is 4. The van der Waals surface area contributed by atoms with E-state index in [0.717, 1.165) is 12.1 Å². The van der Waals surface area contributed by atoms with Gasteiger partial charge in [-0.2, -0.15) is 16.8 Å². The number of amides is 3. The van der Waals surface area contributed by atoms with Gasteiger partial charge in [-0.1, -0.05) is 36.4 Å². The molecule has 5 rings (SSSR count). The molecule has 2 aliphatic carbocycles. The molecule has 9 N–H and O–H groups in total. The van der Waals surface area contributed by atoms with E-state index in [9.17, 15) is 45.1 Å². The van der Waals surface area contributed by atoms with Gasteiger partial charge in [0.15, 0.2) is 16.2 Å². The summed E-state index contributed by atoms with van der Waals surface area (Å²) in [6.45, 7) is 1.12. The van der Waals surface area contributed by atoms with E-state index in [1.54, 1.807) is 36.5 Å². The second kappa shape index (κ2) is 23.7. The number of hydrogen-bond donors (Lipinski definition) is 7. The Hall–Kier alpha value is -6.57. The molecule has 0 radical (unpaired) electrons. The third-order valence-electron chi connectivity index (χ3n) is 9.77. The number of fused-ring (bicyclic) bond motifs is 2. The van der Waals surface area contributed by atoms with Crippen LogP contribution in [0.3, 0.4) is 0 Å².